The summed E-state index contributed by atoms with van der Waals surface area (Å²) in [5, 5.41) is 9.90. The normalized spacial score (nSPS) is 14.4. The monoisotopic (exact) mass is 558 g/mol. The van der Waals surface area contributed by atoms with Gasteiger partial charge in [0.05, 0.1) is 11.4 Å². The van der Waals surface area contributed by atoms with Crippen molar-refractivity contribution >= 4 is 21.2 Å². The van der Waals surface area contributed by atoms with Gasteiger partial charge in [0.1, 0.15) is 28.0 Å². The van der Waals surface area contributed by atoms with Crippen molar-refractivity contribution in [2.24, 2.45) is 0 Å². The molecule has 0 aromatic heterocycles. The van der Waals surface area contributed by atoms with Gasteiger partial charge in [0, 0.05) is 66.7 Å². The summed E-state index contributed by atoms with van der Waals surface area (Å²) in [6, 6.07) is 22.1. The van der Waals surface area contributed by atoms with E-state index in [1.807, 2.05) is 61.1 Å². The average Bonchev–Trinajstić information content (AvgIpc) is 2.95. The highest BCUT2D eigenvalue weighted by molar-refractivity contribution is 7.90. The van der Waals surface area contributed by atoms with Crippen molar-refractivity contribution in [1.82, 2.24) is 10.6 Å². The first-order chi connectivity index (χ1) is 19.3. The second kappa shape index (κ2) is 12.2. The third-order valence-electron chi connectivity index (χ3n) is 6.39. The van der Waals surface area contributed by atoms with Gasteiger partial charge >= 0.3 is 0 Å². The average molecular weight is 559 g/mol. The molecule has 0 bridgehead atoms. The largest absolute Gasteiger partial charge is 0.489 e. The molecule has 7 nitrogen and oxygen atoms in total. The van der Waals surface area contributed by atoms with Crippen molar-refractivity contribution in [3.05, 3.63) is 137 Å². The zero-order valence-electron chi connectivity index (χ0n) is 22.1. The highest BCUT2D eigenvalue weighted by Gasteiger charge is 2.18. The molecule has 5 rings (SSSR count). The Balaban J connectivity index is 1.22. The van der Waals surface area contributed by atoms with E-state index >= 15 is 0 Å². The maximum atomic E-state index is 13.1. The molecule has 3 aromatic rings. The van der Waals surface area contributed by atoms with Crippen LogP contribution in [0.3, 0.4) is 0 Å². The first kappa shape index (κ1) is 27.2. The Morgan fingerprint density at radius 1 is 0.975 bits per heavy atom. The van der Waals surface area contributed by atoms with E-state index in [2.05, 4.69) is 39.2 Å². The van der Waals surface area contributed by atoms with Crippen LogP contribution in [0, 0.1) is 5.82 Å². The molecule has 40 heavy (non-hydrogen) atoms. The van der Waals surface area contributed by atoms with Gasteiger partial charge in [0.25, 0.3) is 0 Å². The molecular formula is C31H31FN4O3S. The summed E-state index contributed by atoms with van der Waals surface area (Å²) in [5.41, 5.74) is 6.90. The zero-order chi connectivity index (χ0) is 28.0. The third-order valence-corrected chi connectivity index (χ3v) is 7.34. The summed E-state index contributed by atoms with van der Waals surface area (Å²) < 4.78 is 41.7. The lowest BCUT2D eigenvalue weighted by Gasteiger charge is -2.27. The molecule has 0 saturated heterocycles. The molecule has 2 heterocycles. The minimum atomic E-state index is -2.99. The fraction of sp³-hybridized carbons (Fsp3) is 0.161. The minimum Gasteiger partial charge on any atom is -0.489 e. The van der Waals surface area contributed by atoms with Crippen molar-refractivity contribution in [3.8, 4) is 5.75 Å². The van der Waals surface area contributed by atoms with Gasteiger partial charge in [0.2, 0.25) is 0 Å². The Labute approximate surface area is 234 Å². The molecule has 0 unspecified atom stereocenters. The second-order valence-corrected chi connectivity index (χ2v) is 11.9. The molecule has 3 N–H and O–H groups in total. The standard InChI is InChI=1S/C31H31FN4O3S/c1-40(37,38)16-14-33-18-24-3-2-4-28(17-24)36-15-13-25-19-34-20-31(30(25)21-36)35-27-9-11-29(12-10-27)39-22-23-5-7-26(32)8-6-23/h2-13,15,17,19-21,33-35H,14,16,18,22H2,1H3. The summed E-state index contributed by atoms with van der Waals surface area (Å²) in [7, 11) is -2.99. The van der Waals surface area contributed by atoms with Gasteiger partial charge in [0.15, 0.2) is 0 Å². The Hall–Kier alpha value is -4.34. The number of ether oxygens (including phenoxy) is 1. The van der Waals surface area contributed by atoms with Crippen molar-refractivity contribution in [1.29, 1.82) is 0 Å². The molecule has 0 spiro atoms. The van der Waals surface area contributed by atoms with Crippen molar-refractivity contribution in [3.63, 3.8) is 0 Å². The van der Waals surface area contributed by atoms with E-state index in [1.54, 1.807) is 12.1 Å². The number of benzene rings is 3. The summed E-state index contributed by atoms with van der Waals surface area (Å²) >= 11 is 0. The first-order valence-corrected chi connectivity index (χ1v) is 15.0. The van der Waals surface area contributed by atoms with Crippen molar-refractivity contribution < 1.29 is 17.5 Å². The van der Waals surface area contributed by atoms with Crippen LogP contribution < -0.4 is 25.6 Å². The van der Waals surface area contributed by atoms with Gasteiger partial charge in [-0.1, -0.05) is 24.3 Å². The molecule has 0 atom stereocenters. The second-order valence-electron chi connectivity index (χ2n) is 9.63. The molecule has 0 aliphatic carbocycles. The number of nitrogens with zero attached hydrogens (tertiary/aromatic N) is 1. The zero-order valence-corrected chi connectivity index (χ0v) is 22.9. The van der Waals surface area contributed by atoms with Crippen LogP contribution in [0.15, 0.2) is 121 Å². The van der Waals surface area contributed by atoms with Crippen molar-refractivity contribution in [2.45, 2.75) is 13.2 Å². The number of sulfone groups is 1. The Morgan fingerprint density at radius 3 is 2.55 bits per heavy atom. The molecule has 2 aliphatic rings. The van der Waals surface area contributed by atoms with Crippen LogP contribution in [0.1, 0.15) is 11.1 Å². The maximum absolute atomic E-state index is 13.1. The van der Waals surface area contributed by atoms with Crippen LogP contribution in [0.2, 0.25) is 0 Å². The number of fused-ring (bicyclic) bond motifs is 1. The van der Waals surface area contributed by atoms with Crippen LogP contribution in [-0.4, -0.2) is 27.0 Å². The molecule has 0 fully saturated rings. The predicted molar refractivity (Wildman–Crippen MR) is 158 cm³/mol. The van der Waals surface area contributed by atoms with Gasteiger partial charge in [-0.25, -0.2) is 12.8 Å². The quantitative estimate of drug-likeness (QED) is 0.279. The van der Waals surface area contributed by atoms with Gasteiger partial charge in [-0.15, -0.1) is 0 Å². The summed E-state index contributed by atoms with van der Waals surface area (Å²) in [5.74, 6) is 0.577. The highest BCUT2D eigenvalue weighted by atomic mass is 32.2. The molecule has 3 aromatic carbocycles. The van der Waals surface area contributed by atoms with Crippen molar-refractivity contribution in [2.75, 3.05) is 28.8 Å². The van der Waals surface area contributed by atoms with Gasteiger partial charge < -0.3 is 25.6 Å². The van der Waals surface area contributed by atoms with Crippen LogP contribution in [0.5, 0.6) is 5.75 Å². The molecule has 0 saturated carbocycles. The van der Waals surface area contributed by atoms with Crippen LogP contribution in [0.25, 0.3) is 0 Å². The number of dihydropyridines is 1. The Bertz CT molecular complexity index is 1580. The lowest BCUT2D eigenvalue weighted by Crippen LogP contribution is -2.22. The minimum absolute atomic E-state index is 0.116. The molecule has 0 radical (unpaired) electrons. The van der Waals surface area contributed by atoms with E-state index in [1.165, 1.54) is 18.4 Å². The molecule has 0 amide bonds. The molecular weight excluding hydrogens is 527 g/mol. The first-order valence-electron chi connectivity index (χ1n) is 12.9. The number of anilines is 2. The molecule has 2 aliphatic heterocycles. The fourth-order valence-electron chi connectivity index (χ4n) is 4.27. The van der Waals surface area contributed by atoms with Gasteiger partial charge in [-0.2, -0.15) is 0 Å². The predicted octanol–water partition coefficient (Wildman–Crippen LogP) is 5.20. The van der Waals surface area contributed by atoms with E-state index in [0.29, 0.717) is 19.7 Å². The number of nitrogens with one attached hydrogen (secondary N) is 3. The SMILES string of the molecule is CS(=O)(=O)CCNCc1cccc(N2C=CC3=CNC=C(Nc4ccc(OCc5ccc(F)cc5)cc4)C3=C2)c1. The van der Waals surface area contributed by atoms with Crippen LogP contribution in [0.4, 0.5) is 15.8 Å². The van der Waals surface area contributed by atoms with E-state index in [4.69, 9.17) is 4.74 Å². The van der Waals surface area contributed by atoms with E-state index < -0.39 is 9.84 Å². The van der Waals surface area contributed by atoms with E-state index in [0.717, 1.165) is 45.1 Å². The topological polar surface area (TPSA) is 82.7 Å². The lowest BCUT2D eigenvalue weighted by molar-refractivity contribution is 0.306. The smallest absolute Gasteiger partial charge is 0.148 e. The van der Waals surface area contributed by atoms with E-state index in [-0.39, 0.29) is 11.6 Å². The Kier molecular flexibility index (Phi) is 8.33. The molecule has 9 heteroatoms. The highest BCUT2D eigenvalue weighted by Crippen LogP contribution is 2.31. The van der Waals surface area contributed by atoms with Crippen LogP contribution in [-0.2, 0) is 23.0 Å². The van der Waals surface area contributed by atoms with E-state index in [9.17, 15) is 12.8 Å². The van der Waals surface area contributed by atoms with Gasteiger partial charge in [-0.05, 0) is 65.7 Å². The summed E-state index contributed by atoms with van der Waals surface area (Å²) in [6.45, 7) is 1.37. The summed E-state index contributed by atoms with van der Waals surface area (Å²) in [6.07, 6.45) is 11.3. The fourth-order valence-corrected chi connectivity index (χ4v) is 4.78. The lowest BCUT2D eigenvalue weighted by atomic mass is 10.00. The number of rotatable bonds is 11. The third kappa shape index (κ3) is 7.40. The molecule has 206 valence electrons. The number of hydrogen-bond acceptors (Lipinski definition) is 7. The maximum Gasteiger partial charge on any atom is 0.148 e. The van der Waals surface area contributed by atoms with Gasteiger partial charge in [-0.3, -0.25) is 0 Å². The summed E-state index contributed by atoms with van der Waals surface area (Å²) in [4.78, 5) is 2.07. The van der Waals surface area contributed by atoms with Crippen LogP contribution >= 0.6 is 0 Å². The number of allylic oxidation sites excluding steroid dienone is 2. The number of hydrogen-bond donors (Lipinski definition) is 3. The Morgan fingerprint density at radius 2 is 1.77 bits per heavy atom. The number of halogens is 1.